The highest BCUT2D eigenvalue weighted by Crippen LogP contribution is 2.39. The Labute approximate surface area is 83.3 Å². The molecule has 0 spiro atoms. The van der Waals surface area contributed by atoms with Gasteiger partial charge in [0, 0.05) is 12.5 Å². The van der Waals surface area contributed by atoms with Crippen LogP contribution in [-0.2, 0) is 7.05 Å². The fourth-order valence-electron chi connectivity index (χ4n) is 2.14. The van der Waals surface area contributed by atoms with Crippen LogP contribution >= 0.6 is 0 Å². The number of carbonyl (C=O) groups excluding carboxylic acids is 1. The Balaban J connectivity index is 2.23. The summed E-state index contributed by atoms with van der Waals surface area (Å²) in [5.41, 5.74) is 0.327. The van der Waals surface area contributed by atoms with Crippen LogP contribution in [0.25, 0.3) is 0 Å². The van der Waals surface area contributed by atoms with E-state index < -0.39 is 0 Å². The molecule has 1 aromatic heterocycles. The zero-order valence-electron chi connectivity index (χ0n) is 8.66. The van der Waals surface area contributed by atoms with Gasteiger partial charge in [-0.2, -0.15) is 0 Å². The fraction of sp³-hybridized carbons (Fsp3) is 0.700. The van der Waals surface area contributed by atoms with Gasteiger partial charge in [0.2, 0.25) is 0 Å². The summed E-state index contributed by atoms with van der Waals surface area (Å²) in [6.45, 7) is 2.04. The Morgan fingerprint density at radius 2 is 2.14 bits per heavy atom. The monoisotopic (exact) mass is 193 g/mol. The molecule has 1 aromatic rings. The Hall–Kier alpha value is -1.19. The molecule has 2 rings (SSSR count). The van der Waals surface area contributed by atoms with E-state index in [1.807, 2.05) is 6.92 Å². The van der Waals surface area contributed by atoms with Crippen LogP contribution in [0.15, 0.2) is 6.20 Å². The second-order valence-electron chi connectivity index (χ2n) is 4.37. The molecule has 0 unspecified atom stereocenters. The summed E-state index contributed by atoms with van der Waals surface area (Å²) in [6, 6.07) is 0. The van der Waals surface area contributed by atoms with Crippen LogP contribution in [0.3, 0.4) is 0 Å². The second kappa shape index (κ2) is 3.19. The molecular formula is C10H15N3O. The van der Waals surface area contributed by atoms with Gasteiger partial charge in [-0.25, -0.2) is 0 Å². The van der Waals surface area contributed by atoms with Crippen molar-refractivity contribution in [3.8, 4) is 0 Å². The van der Waals surface area contributed by atoms with Crippen LogP contribution in [0.5, 0.6) is 0 Å². The van der Waals surface area contributed by atoms with E-state index in [1.165, 1.54) is 0 Å². The van der Waals surface area contributed by atoms with Crippen molar-refractivity contribution in [1.82, 2.24) is 15.0 Å². The molecule has 1 fully saturated rings. The van der Waals surface area contributed by atoms with Gasteiger partial charge in [-0.1, -0.05) is 25.0 Å². The van der Waals surface area contributed by atoms with E-state index in [4.69, 9.17) is 0 Å². The maximum absolute atomic E-state index is 12.1. The van der Waals surface area contributed by atoms with Gasteiger partial charge >= 0.3 is 0 Å². The first-order chi connectivity index (χ1) is 6.62. The van der Waals surface area contributed by atoms with Crippen molar-refractivity contribution in [2.45, 2.75) is 32.6 Å². The molecule has 0 radical (unpaired) electrons. The van der Waals surface area contributed by atoms with Crippen LogP contribution in [0, 0.1) is 5.41 Å². The molecule has 76 valence electrons. The lowest BCUT2D eigenvalue weighted by atomic mass is 9.83. The number of rotatable bonds is 2. The standard InChI is InChI=1S/C10H15N3O/c1-10(5-3-4-6-10)9(14)8-7-13(2)12-11-8/h7H,3-6H2,1-2H3. The van der Waals surface area contributed by atoms with E-state index in [1.54, 1.807) is 17.9 Å². The molecule has 0 N–H and O–H groups in total. The lowest BCUT2D eigenvalue weighted by Gasteiger charge is -2.19. The molecule has 1 aliphatic carbocycles. The minimum absolute atomic E-state index is 0.156. The number of ketones is 1. The van der Waals surface area contributed by atoms with Gasteiger partial charge in [-0.15, -0.1) is 5.10 Å². The summed E-state index contributed by atoms with van der Waals surface area (Å²) in [5.74, 6) is 0.156. The van der Waals surface area contributed by atoms with Crippen molar-refractivity contribution in [3.63, 3.8) is 0 Å². The summed E-state index contributed by atoms with van der Waals surface area (Å²) in [5, 5.41) is 7.65. The molecule has 0 aromatic carbocycles. The number of Topliss-reactive ketones (excluding diaryl/α,β-unsaturated/α-hetero) is 1. The maximum atomic E-state index is 12.1. The summed E-state index contributed by atoms with van der Waals surface area (Å²) in [4.78, 5) is 12.1. The number of nitrogens with zero attached hydrogens (tertiary/aromatic N) is 3. The normalized spacial score (nSPS) is 19.9. The summed E-state index contributed by atoms with van der Waals surface area (Å²) >= 11 is 0. The smallest absolute Gasteiger partial charge is 0.190 e. The highest BCUT2D eigenvalue weighted by molar-refractivity contribution is 5.98. The topological polar surface area (TPSA) is 47.8 Å². The van der Waals surface area contributed by atoms with Crippen molar-refractivity contribution >= 4 is 5.78 Å². The quantitative estimate of drug-likeness (QED) is 0.670. The van der Waals surface area contributed by atoms with Crippen LogP contribution in [0.4, 0.5) is 0 Å². The number of carbonyl (C=O) groups is 1. The highest BCUT2D eigenvalue weighted by Gasteiger charge is 2.37. The Kier molecular flexibility index (Phi) is 2.13. The summed E-state index contributed by atoms with van der Waals surface area (Å²) in [6.07, 6.45) is 5.99. The molecule has 0 atom stereocenters. The predicted octanol–water partition coefficient (Wildman–Crippen LogP) is 1.58. The molecule has 4 nitrogen and oxygen atoms in total. The van der Waals surface area contributed by atoms with Crippen molar-refractivity contribution in [2.24, 2.45) is 12.5 Å². The first-order valence-electron chi connectivity index (χ1n) is 5.03. The third kappa shape index (κ3) is 1.45. The molecule has 1 heterocycles. The first kappa shape index (κ1) is 9.37. The van der Waals surface area contributed by atoms with E-state index >= 15 is 0 Å². The van der Waals surface area contributed by atoms with Crippen LogP contribution in [0.1, 0.15) is 43.1 Å². The van der Waals surface area contributed by atoms with E-state index in [2.05, 4.69) is 10.3 Å². The zero-order chi connectivity index (χ0) is 10.2. The third-order valence-electron chi connectivity index (χ3n) is 3.09. The molecule has 1 saturated carbocycles. The number of aryl methyl sites for hydroxylation is 1. The van der Waals surface area contributed by atoms with E-state index in [0.717, 1.165) is 25.7 Å². The third-order valence-corrected chi connectivity index (χ3v) is 3.09. The second-order valence-corrected chi connectivity index (χ2v) is 4.37. The van der Waals surface area contributed by atoms with Gasteiger partial charge in [0.15, 0.2) is 5.78 Å². The minimum atomic E-state index is -0.184. The molecular weight excluding hydrogens is 178 g/mol. The van der Waals surface area contributed by atoms with E-state index in [0.29, 0.717) is 5.69 Å². The predicted molar refractivity (Wildman–Crippen MR) is 51.9 cm³/mol. The van der Waals surface area contributed by atoms with Gasteiger partial charge in [0.25, 0.3) is 0 Å². The zero-order valence-corrected chi connectivity index (χ0v) is 8.66. The molecule has 1 aliphatic rings. The average Bonchev–Trinajstić information content (AvgIpc) is 2.74. The van der Waals surface area contributed by atoms with Gasteiger partial charge in [0.05, 0.1) is 6.20 Å². The minimum Gasteiger partial charge on any atom is -0.292 e. The number of hydrogen-bond donors (Lipinski definition) is 0. The van der Waals surface area contributed by atoms with E-state index in [-0.39, 0.29) is 11.2 Å². The van der Waals surface area contributed by atoms with Crippen LogP contribution in [0.2, 0.25) is 0 Å². The fourth-order valence-corrected chi connectivity index (χ4v) is 2.14. The maximum Gasteiger partial charge on any atom is 0.190 e. The van der Waals surface area contributed by atoms with Gasteiger partial charge < -0.3 is 0 Å². The van der Waals surface area contributed by atoms with Crippen molar-refractivity contribution in [3.05, 3.63) is 11.9 Å². The first-order valence-corrected chi connectivity index (χ1v) is 5.03. The lowest BCUT2D eigenvalue weighted by molar-refractivity contribution is 0.0818. The Bertz CT molecular complexity index is 350. The molecule has 0 saturated heterocycles. The summed E-state index contributed by atoms with van der Waals surface area (Å²) in [7, 11) is 1.78. The van der Waals surface area contributed by atoms with Crippen LogP contribution < -0.4 is 0 Å². The van der Waals surface area contributed by atoms with Crippen LogP contribution in [-0.4, -0.2) is 20.8 Å². The van der Waals surface area contributed by atoms with E-state index in [9.17, 15) is 4.79 Å². The lowest BCUT2D eigenvalue weighted by Crippen LogP contribution is -2.24. The summed E-state index contributed by atoms with van der Waals surface area (Å²) < 4.78 is 1.57. The Morgan fingerprint density at radius 3 is 2.64 bits per heavy atom. The Morgan fingerprint density at radius 1 is 1.50 bits per heavy atom. The average molecular weight is 193 g/mol. The van der Waals surface area contributed by atoms with Gasteiger partial charge in [-0.3, -0.25) is 9.48 Å². The number of aromatic nitrogens is 3. The van der Waals surface area contributed by atoms with Crippen molar-refractivity contribution in [1.29, 1.82) is 0 Å². The number of hydrogen-bond acceptors (Lipinski definition) is 3. The largest absolute Gasteiger partial charge is 0.292 e. The SMILES string of the molecule is Cn1cc(C(=O)C2(C)CCCC2)nn1. The molecule has 4 heteroatoms. The molecule has 0 bridgehead atoms. The highest BCUT2D eigenvalue weighted by atomic mass is 16.1. The van der Waals surface area contributed by atoms with Gasteiger partial charge in [0.1, 0.15) is 5.69 Å². The molecule has 0 amide bonds. The van der Waals surface area contributed by atoms with Crippen molar-refractivity contribution in [2.75, 3.05) is 0 Å². The van der Waals surface area contributed by atoms with Gasteiger partial charge in [-0.05, 0) is 12.8 Å². The molecule has 0 aliphatic heterocycles. The molecule has 14 heavy (non-hydrogen) atoms. The van der Waals surface area contributed by atoms with Crippen molar-refractivity contribution < 1.29 is 4.79 Å².